The van der Waals surface area contributed by atoms with Crippen molar-refractivity contribution in [1.29, 1.82) is 0 Å². The maximum atomic E-state index is 13.9. The van der Waals surface area contributed by atoms with Crippen molar-refractivity contribution in [2.75, 3.05) is 38.7 Å². The van der Waals surface area contributed by atoms with Crippen LogP contribution in [0, 0.1) is 17.8 Å². The maximum absolute atomic E-state index is 13.9. The van der Waals surface area contributed by atoms with Gasteiger partial charge >= 0.3 is 0 Å². The van der Waals surface area contributed by atoms with Crippen LogP contribution in [0.25, 0.3) is 0 Å². The molecule has 1 aliphatic rings. The molecule has 1 fully saturated rings. The molecule has 0 unspecified atom stereocenters. The molecule has 226 valence electrons. The monoisotopic (exact) mass is 613 g/mol. The maximum Gasteiger partial charge on any atom is 0.224 e. The van der Waals surface area contributed by atoms with Gasteiger partial charge in [0.05, 0.1) is 32.3 Å². The summed E-state index contributed by atoms with van der Waals surface area (Å²) in [6.45, 7) is 7.17. The zero-order valence-corrected chi connectivity index (χ0v) is 25.7. The second-order valence-electron chi connectivity index (χ2n) is 10.7. The Morgan fingerprint density at radius 3 is 2.29 bits per heavy atom. The Morgan fingerprint density at radius 1 is 0.905 bits per heavy atom. The van der Waals surface area contributed by atoms with Gasteiger partial charge in [0.15, 0.2) is 5.12 Å². The van der Waals surface area contributed by atoms with Gasteiger partial charge in [-0.1, -0.05) is 78.0 Å². The lowest BCUT2D eigenvalue weighted by Crippen LogP contribution is -2.36. The predicted molar refractivity (Wildman–Crippen MR) is 167 cm³/mol. The SMILES string of the molecule is C=C1COCCOCCNC(=O)[C@@H](CC(C)=O)CSC(=O)[C@H](Cc2ccc(Cl)cc2)CC(=O)[C@H](Cc2ccccc2)C1. The molecule has 1 N–H and O–H groups in total. The molecule has 3 rings (SSSR count). The average Bonchev–Trinajstić information content (AvgIpc) is 2.96. The number of carbonyl (C=O) groups is 4. The third-order valence-electron chi connectivity index (χ3n) is 7.05. The number of thioether (sulfide) groups is 1. The topological polar surface area (TPSA) is 98.8 Å². The number of Topliss-reactive ketones (excluding diaryl/α,β-unsaturated/α-hetero) is 2. The van der Waals surface area contributed by atoms with Crippen LogP contribution >= 0.6 is 23.4 Å². The first-order chi connectivity index (χ1) is 20.2. The fourth-order valence-corrected chi connectivity index (χ4v) is 6.02. The highest BCUT2D eigenvalue weighted by molar-refractivity contribution is 8.13. The van der Waals surface area contributed by atoms with Crippen LogP contribution in [-0.2, 0) is 41.5 Å². The summed E-state index contributed by atoms with van der Waals surface area (Å²) in [6, 6.07) is 17.0. The summed E-state index contributed by atoms with van der Waals surface area (Å²) in [6.07, 6.45) is 1.42. The van der Waals surface area contributed by atoms with E-state index in [2.05, 4.69) is 11.9 Å². The Hall–Kier alpha value is -2.78. The number of ether oxygens (including phenoxy) is 2. The molecule has 42 heavy (non-hydrogen) atoms. The summed E-state index contributed by atoms with van der Waals surface area (Å²) in [5.41, 5.74) is 2.72. The van der Waals surface area contributed by atoms with E-state index >= 15 is 0 Å². The highest BCUT2D eigenvalue weighted by Gasteiger charge is 2.30. The average molecular weight is 614 g/mol. The molecule has 1 amide bonds. The Morgan fingerprint density at radius 2 is 1.57 bits per heavy atom. The molecule has 1 heterocycles. The quantitative estimate of drug-likeness (QED) is 0.443. The Balaban J connectivity index is 1.86. The summed E-state index contributed by atoms with van der Waals surface area (Å²) in [5, 5.41) is 3.21. The van der Waals surface area contributed by atoms with E-state index in [4.69, 9.17) is 21.1 Å². The fourth-order valence-electron chi connectivity index (χ4n) is 4.86. The van der Waals surface area contributed by atoms with Crippen LogP contribution in [0.2, 0.25) is 5.02 Å². The van der Waals surface area contributed by atoms with Gasteiger partial charge in [-0.05, 0) is 49.4 Å². The van der Waals surface area contributed by atoms with Gasteiger partial charge in [0.2, 0.25) is 5.91 Å². The molecule has 3 atom stereocenters. The second kappa shape index (κ2) is 18.0. The minimum absolute atomic E-state index is 0.0211. The highest BCUT2D eigenvalue weighted by atomic mass is 35.5. The number of carbonyl (C=O) groups excluding carboxylic acids is 4. The zero-order valence-electron chi connectivity index (χ0n) is 24.1. The number of hydrogen-bond acceptors (Lipinski definition) is 7. The van der Waals surface area contributed by atoms with Crippen molar-refractivity contribution in [2.24, 2.45) is 17.8 Å². The molecule has 9 heteroatoms. The number of halogens is 1. The van der Waals surface area contributed by atoms with E-state index in [1.165, 1.54) is 6.92 Å². The van der Waals surface area contributed by atoms with E-state index in [0.717, 1.165) is 28.5 Å². The van der Waals surface area contributed by atoms with Crippen molar-refractivity contribution < 1.29 is 28.7 Å². The van der Waals surface area contributed by atoms with E-state index in [9.17, 15) is 19.2 Å². The Labute approximate surface area is 257 Å². The Kier molecular flexibility index (Phi) is 14.5. The fraction of sp³-hybridized carbons (Fsp3) is 0.455. The van der Waals surface area contributed by atoms with Gasteiger partial charge in [0.25, 0.3) is 0 Å². The van der Waals surface area contributed by atoms with Crippen LogP contribution < -0.4 is 5.32 Å². The van der Waals surface area contributed by atoms with Crippen molar-refractivity contribution in [3.05, 3.63) is 82.9 Å². The van der Waals surface area contributed by atoms with E-state index in [1.807, 2.05) is 42.5 Å². The van der Waals surface area contributed by atoms with Crippen LogP contribution in [0.1, 0.15) is 37.3 Å². The summed E-state index contributed by atoms with van der Waals surface area (Å²) in [5.74, 6) is -1.95. The highest BCUT2D eigenvalue weighted by Crippen LogP contribution is 2.28. The van der Waals surface area contributed by atoms with E-state index in [1.54, 1.807) is 12.1 Å². The van der Waals surface area contributed by atoms with Crippen LogP contribution in [0.3, 0.4) is 0 Å². The lowest BCUT2D eigenvalue weighted by atomic mass is 9.84. The van der Waals surface area contributed by atoms with Gasteiger partial charge in [-0.15, -0.1) is 0 Å². The molecule has 0 aliphatic carbocycles. The van der Waals surface area contributed by atoms with Crippen LogP contribution in [0.4, 0.5) is 0 Å². The van der Waals surface area contributed by atoms with Crippen molar-refractivity contribution in [2.45, 2.75) is 39.0 Å². The molecule has 2 aromatic rings. The van der Waals surface area contributed by atoms with Crippen molar-refractivity contribution in [3.8, 4) is 0 Å². The molecule has 2 aromatic carbocycles. The number of nitrogens with one attached hydrogen (secondary N) is 1. The number of benzene rings is 2. The second-order valence-corrected chi connectivity index (χ2v) is 12.2. The molecule has 0 saturated carbocycles. The van der Waals surface area contributed by atoms with Gasteiger partial charge in [-0.3, -0.25) is 14.4 Å². The molecular formula is C33H40ClNO6S. The molecule has 0 radical (unpaired) electrons. The molecule has 1 aliphatic heterocycles. The van der Waals surface area contributed by atoms with Gasteiger partial charge in [0.1, 0.15) is 11.6 Å². The van der Waals surface area contributed by atoms with Gasteiger partial charge < -0.3 is 19.6 Å². The molecule has 7 nitrogen and oxygen atoms in total. The smallest absolute Gasteiger partial charge is 0.224 e. The van der Waals surface area contributed by atoms with E-state index < -0.39 is 11.8 Å². The first-order valence-electron chi connectivity index (χ1n) is 14.3. The predicted octanol–water partition coefficient (Wildman–Crippen LogP) is 5.28. The third kappa shape index (κ3) is 12.2. The van der Waals surface area contributed by atoms with Crippen molar-refractivity contribution in [3.63, 3.8) is 0 Å². The molecular weight excluding hydrogens is 574 g/mol. The molecule has 1 saturated heterocycles. The molecule has 0 aromatic heterocycles. The third-order valence-corrected chi connectivity index (χ3v) is 8.49. The minimum Gasteiger partial charge on any atom is -0.377 e. The van der Waals surface area contributed by atoms with Gasteiger partial charge in [-0.2, -0.15) is 0 Å². The van der Waals surface area contributed by atoms with E-state index in [-0.39, 0.29) is 53.6 Å². The summed E-state index contributed by atoms with van der Waals surface area (Å²) < 4.78 is 11.3. The van der Waals surface area contributed by atoms with E-state index in [0.29, 0.717) is 50.7 Å². The van der Waals surface area contributed by atoms with Gasteiger partial charge in [0, 0.05) is 42.0 Å². The van der Waals surface area contributed by atoms with Crippen LogP contribution in [0.5, 0.6) is 0 Å². The normalized spacial score (nSPS) is 22.5. The summed E-state index contributed by atoms with van der Waals surface area (Å²) in [4.78, 5) is 52.3. The summed E-state index contributed by atoms with van der Waals surface area (Å²) >= 11 is 7.09. The largest absolute Gasteiger partial charge is 0.377 e. The number of amides is 1. The van der Waals surface area contributed by atoms with Crippen molar-refractivity contribution in [1.82, 2.24) is 5.32 Å². The Bertz CT molecular complexity index is 1200. The first kappa shape index (κ1) is 33.7. The zero-order chi connectivity index (χ0) is 30.3. The standard InChI is InChI=1S/C33H40ClNO6S/c1-23-16-27(18-25-6-4-3-5-7-25)31(37)20-28(19-26-8-10-30(34)11-9-26)33(39)42-22-29(17-24(2)36)32(38)35-12-13-40-14-15-41-21-23/h3-11,27-29H,1,12-22H2,2H3,(H,35,38)/t27-,28+,29-/m0/s1. The number of hydrogen-bond donors (Lipinski definition) is 1. The number of ketones is 2. The lowest BCUT2D eigenvalue weighted by molar-refractivity contribution is -0.128. The summed E-state index contributed by atoms with van der Waals surface area (Å²) in [7, 11) is 0. The number of rotatable bonds is 6. The first-order valence-corrected chi connectivity index (χ1v) is 15.6. The van der Waals surface area contributed by atoms with Crippen LogP contribution in [0.15, 0.2) is 66.7 Å². The van der Waals surface area contributed by atoms with Crippen LogP contribution in [-0.4, -0.2) is 61.3 Å². The van der Waals surface area contributed by atoms with Crippen molar-refractivity contribution >= 4 is 46.0 Å². The molecule has 0 bridgehead atoms. The molecule has 0 spiro atoms. The minimum atomic E-state index is -0.664. The van der Waals surface area contributed by atoms with Gasteiger partial charge in [-0.25, -0.2) is 0 Å². The lowest BCUT2D eigenvalue weighted by Gasteiger charge is -2.22.